The zero-order valence-corrected chi connectivity index (χ0v) is 12.7. The molecule has 0 saturated carbocycles. The Hall–Kier alpha value is -2.63. The van der Waals surface area contributed by atoms with Crippen molar-refractivity contribution in [2.45, 2.75) is 19.8 Å². The molecule has 0 saturated heterocycles. The molecule has 6 heteroatoms. The Kier molecular flexibility index (Phi) is 5.30. The van der Waals surface area contributed by atoms with Gasteiger partial charge in [0, 0.05) is 6.54 Å². The molecule has 0 aliphatic rings. The van der Waals surface area contributed by atoms with E-state index in [1.807, 2.05) is 37.3 Å². The van der Waals surface area contributed by atoms with Gasteiger partial charge in [0.25, 0.3) is 5.91 Å². The lowest BCUT2D eigenvalue weighted by molar-refractivity contribution is -0.140. The van der Waals surface area contributed by atoms with Crippen LogP contribution in [-0.2, 0) is 16.0 Å². The van der Waals surface area contributed by atoms with Crippen LogP contribution >= 0.6 is 0 Å². The number of hydrogen-bond acceptors (Lipinski definition) is 4. The Morgan fingerprint density at radius 1 is 1.27 bits per heavy atom. The van der Waals surface area contributed by atoms with Crippen molar-refractivity contribution in [1.29, 1.82) is 0 Å². The average Bonchev–Trinajstić information content (AvgIpc) is 2.99. The maximum Gasteiger partial charge on any atom is 0.307 e. The Bertz CT molecular complexity index is 650. The summed E-state index contributed by atoms with van der Waals surface area (Å²) >= 11 is 0. The highest BCUT2D eigenvalue weighted by Crippen LogP contribution is 2.15. The summed E-state index contributed by atoms with van der Waals surface area (Å²) in [6.45, 7) is 2.22. The van der Waals surface area contributed by atoms with E-state index in [-0.39, 0.29) is 24.8 Å². The topological polar surface area (TPSA) is 73.2 Å². The molecular formula is C16H19N3O3. The Balaban J connectivity index is 2.13. The second-order valence-electron chi connectivity index (χ2n) is 4.69. The molecule has 0 aliphatic carbocycles. The van der Waals surface area contributed by atoms with E-state index in [1.54, 1.807) is 10.9 Å². The minimum atomic E-state index is -0.351. The fourth-order valence-corrected chi connectivity index (χ4v) is 2.17. The van der Waals surface area contributed by atoms with E-state index < -0.39 is 0 Å². The maximum atomic E-state index is 12.2. The van der Waals surface area contributed by atoms with E-state index in [4.69, 9.17) is 0 Å². The van der Waals surface area contributed by atoms with Crippen LogP contribution in [0.15, 0.2) is 36.5 Å². The molecule has 116 valence electrons. The second kappa shape index (κ2) is 7.40. The van der Waals surface area contributed by atoms with Gasteiger partial charge in [0.2, 0.25) is 0 Å². The number of nitrogens with one attached hydrogen (secondary N) is 1. The van der Waals surface area contributed by atoms with E-state index in [0.717, 1.165) is 11.4 Å². The monoisotopic (exact) mass is 301 g/mol. The van der Waals surface area contributed by atoms with Gasteiger partial charge in [-0.2, -0.15) is 5.10 Å². The zero-order chi connectivity index (χ0) is 15.9. The van der Waals surface area contributed by atoms with Crippen molar-refractivity contribution < 1.29 is 14.3 Å². The van der Waals surface area contributed by atoms with E-state index in [0.29, 0.717) is 12.0 Å². The van der Waals surface area contributed by atoms with Gasteiger partial charge in [0.15, 0.2) is 0 Å². The Labute approximate surface area is 129 Å². The lowest BCUT2D eigenvalue weighted by Gasteiger charge is -2.08. The molecule has 0 spiro atoms. The molecule has 0 unspecified atom stereocenters. The van der Waals surface area contributed by atoms with Gasteiger partial charge in [-0.3, -0.25) is 9.59 Å². The van der Waals surface area contributed by atoms with Gasteiger partial charge in [0.05, 0.1) is 36.7 Å². The van der Waals surface area contributed by atoms with Gasteiger partial charge in [-0.05, 0) is 18.6 Å². The summed E-state index contributed by atoms with van der Waals surface area (Å²) in [5.41, 5.74) is 2.27. The number of carbonyl (C=O) groups is 2. The first-order chi connectivity index (χ1) is 10.7. The van der Waals surface area contributed by atoms with Crippen LogP contribution in [0.3, 0.4) is 0 Å². The highest BCUT2D eigenvalue weighted by molar-refractivity contribution is 5.95. The molecule has 0 atom stereocenters. The van der Waals surface area contributed by atoms with Crippen molar-refractivity contribution in [2.75, 3.05) is 13.7 Å². The average molecular weight is 301 g/mol. The van der Waals surface area contributed by atoms with E-state index in [2.05, 4.69) is 15.2 Å². The van der Waals surface area contributed by atoms with Crippen LogP contribution in [0.25, 0.3) is 5.69 Å². The third-order valence-electron chi connectivity index (χ3n) is 3.29. The predicted molar refractivity (Wildman–Crippen MR) is 81.9 cm³/mol. The number of esters is 1. The van der Waals surface area contributed by atoms with Crippen molar-refractivity contribution in [2.24, 2.45) is 0 Å². The molecule has 0 fully saturated rings. The number of ether oxygens (including phenoxy) is 1. The molecule has 0 bridgehead atoms. The molecule has 0 aliphatic heterocycles. The molecule has 1 aromatic carbocycles. The normalized spacial score (nSPS) is 10.3. The lowest BCUT2D eigenvalue weighted by atomic mass is 10.2. The number of methoxy groups -OCH3 is 1. The highest BCUT2D eigenvalue weighted by Gasteiger charge is 2.17. The van der Waals surface area contributed by atoms with E-state index in [1.165, 1.54) is 7.11 Å². The van der Waals surface area contributed by atoms with Crippen LogP contribution in [0.5, 0.6) is 0 Å². The largest absolute Gasteiger partial charge is 0.469 e. The number of benzene rings is 1. The van der Waals surface area contributed by atoms with Crippen LogP contribution in [0, 0.1) is 0 Å². The molecule has 1 N–H and O–H groups in total. The number of rotatable bonds is 6. The molecule has 2 aromatic rings. The fraction of sp³-hybridized carbons (Fsp3) is 0.312. The predicted octanol–water partition coefficient (Wildman–Crippen LogP) is 1.73. The summed E-state index contributed by atoms with van der Waals surface area (Å²) in [7, 11) is 1.32. The van der Waals surface area contributed by atoms with Gasteiger partial charge in [-0.15, -0.1) is 0 Å². The molecule has 1 heterocycles. The smallest absolute Gasteiger partial charge is 0.307 e. The molecule has 0 radical (unpaired) electrons. The summed E-state index contributed by atoms with van der Waals surface area (Å²) in [6, 6.07) is 9.65. The maximum absolute atomic E-state index is 12.2. The summed E-state index contributed by atoms with van der Waals surface area (Å²) in [5, 5.41) is 7.01. The second-order valence-corrected chi connectivity index (χ2v) is 4.69. The Morgan fingerprint density at radius 2 is 2.00 bits per heavy atom. The molecule has 2 rings (SSSR count). The number of para-hydroxylation sites is 1. The first kappa shape index (κ1) is 15.8. The van der Waals surface area contributed by atoms with Gasteiger partial charge in [0.1, 0.15) is 0 Å². The van der Waals surface area contributed by atoms with Crippen molar-refractivity contribution in [1.82, 2.24) is 15.1 Å². The summed E-state index contributed by atoms with van der Waals surface area (Å²) in [5.74, 6) is -0.584. The molecule has 22 heavy (non-hydrogen) atoms. The van der Waals surface area contributed by atoms with Crippen molar-refractivity contribution in [3.05, 3.63) is 47.8 Å². The zero-order valence-electron chi connectivity index (χ0n) is 12.7. The number of carbonyl (C=O) groups excluding carboxylic acids is 2. The fourth-order valence-electron chi connectivity index (χ4n) is 2.17. The standard InChI is InChI=1S/C16H19N3O3/c1-3-14-13(16(21)17-10-9-15(20)22-2)11-18-19(14)12-7-5-4-6-8-12/h4-8,11H,3,9-10H2,1-2H3,(H,17,21). The minimum Gasteiger partial charge on any atom is -0.469 e. The molecule has 6 nitrogen and oxygen atoms in total. The molecule has 1 aromatic heterocycles. The first-order valence-corrected chi connectivity index (χ1v) is 7.14. The SMILES string of the molecule is CCc1c(C(=O)NCCC(=O)OC)cnn1-c1ccccc1. The summed E-state index contributed by atoms with van der Waals surface area (Å²) < 4.78 is 6.30. The third kappa shape index (κ3) is 3.52. The van der Waals surface area contributed by atoms with Crippen molar-refractivity contribution in [3.63, 3.8) is 0 Å². The van der Waals surface area contributed by atoms with Crippen LogP contribution < -0.4 is 5.32 Å². The van der Waals surface area contributed by atoms with Crippen LogP contribution in [0.1, 0.15) is 29.4 Å². The van der Waals surface area contributed by atoms with Crippen molar-refractivity contribution in [3.8, 4) is 5.69 Å². The third-order valence-corrected chi connectivity index (χ3v) is 3.29. The van der Waals surface area contributed by atoms with Gasteiger partial charge >= 0.3 is 5.97 Å². The van der Waals surface area contributed by atoms with Gasteiger partial charge < -0.3 is 10.1 Å². The lowest BCUT2D eigenvalue weighted by Crippen LogP contribution is -2.27. The van der Waals surface area contributed by atoms with Crippen LogP contribution in [-0.4, -0.2) is 35.3 Å². The summed E-state index contributed by atoms with van der Waals surface area (Å²) in [6.07, 6.45) is 2.38. The number of amides is 1. The summed E-state index contributed by atoms with van der Waals surface area (Å²) in [4.78, 5) is 23.3. The van der Waals surface area contributed by atoms with Crippen molar-refractivity contribution >= 4 is 11.9 Å². The van der Waals surface area contributed by atoms with Gasteiger partial charge in [-0.25, -0.2) is 4.68 Å². The van der Waals surface area contributed by atoms with E-state index in [9.17, 15) is 9.59 Å². The molecular weight excluding hydrogens is 282 g/mol. The Morgan fingerprint density at radius 3 is 2.64 bits per heavy atom. The van der Waals surface area contributed by atoms with E-state index >= 15 is 0 Å². The number of hydrogen-bond donors (Lipinski definition) is 1. The van der Waals surface area contributed by atoms with Crippen LogP contribution in [0.2, 0.25) is 0 Å². The minimum absolute atomic E-state index is 0.149. The van der Waals surface area contributed by atoms with Crippen LogP contribution in [0.4, 0.5) is 0 Å². The highest BCUT2D eigenvalue weighted by atomic mass is 16.5. The molecule has 1 amide bonds. The van der Waals surface area contributed by atoms with Gasteiger partial charge in [-0.1, -0.05) is 25.1 Å². The first-order valence-electron chi connectivity index (χ1n) is 7.14. The quantitative estimate of drug-likeness (QED) is 0.825. The number of aromatic nitrogens is 2. The number of nitrogens with zero attached hydrogens (tertiary/aromatic N) is 2.